The van der Waals surface area contributed by atoms with Crippen LogP contribution in [0.3, 0.4) is 0 Å². The Labute approximate surface area is 154 Å². The average molecular weight is 347 g/mol. The summed E-state index contributed by atoms with van der Waals surface area (Å²) in [6.07, 6.45) is 4.69. The zero-order valence-electron chi connectivity index (χ0n) is 15.7. The van der Waals surface area contributed by atoms with Crippen LogP contribution in [0.5, 0.6) is 0 Å². The topological polar surface area (TPSA) is 66.5 Å². The Morgan fingerprint density at radius 2 is 2.00 bits per heavy atom. The maximum absolute atomic E-state index is 4.76. The van der Waals surface area contributed by atoms with Gasteiger partial charge in [0.25, 0.3) is 0 Å². The van der Waals surface area contributed by atoms with Crippen LogP contribution < -0.4 is 5.32 Å². The molecule has 5 nitrogen and oxygen atoms in total. The lowest BCUT2D eigenvalue weighted by Gasteiger charge is -2.19. The number of nitrogens with zero attached hydrogens (tertiary/aromatic N) is 3. The molecule has 5 heteroatoms. The summed E-state index contributed by atoms with van der Waals surface area (Å²) in [5, 5.41) is 10.8. The van der Waals surface area contributed by atoms with Crippen molar-refractivity contribution in [1.82, 2.24) is 20.2 Å². The molecule has 1 unspecified atom stereocenters. The first-order valence-electron chi connectivity index (χ1n) is 9.18. The maximum Gasteiger partial charge on any atom is 0.223 e. The van der Waals surface area contributed by atoms with Gasteiger partial charge in [-0.1, -0.05) is 52.0 Å². The van der Waals surface area contributed by atoms with Gasteiger partial charge in [0.1, 0.15) is 0 Å². The Kier molecular flexibility index (Phi) is 4.02. The van der Waals surface area contributed by atoms with Gasteiger partial charge in [0.05, 0.1) is 17.9 Å². The zero-order valence-corrected chi connectivity index (χ0v) is 15.7. The molecule has 3 aromatic rings. The Morgan fingerprint density at radius 1 is 1.19 bits per heavy atom. The number of rotatable bonds is 4. The third-order valence-electron chi connectivity index (χ3n) is 5.26. The summed E-state index contributed by atoms with van der Waals surface area (Å²) in [5.41, 5.74) is 5.94. The van der Waals surface area contributed by atoms with E-state index in [9.17, 15) is 0 Å². The number of fused-ring (bicyclic) bond motifs is 1. The largest absolute Gasteiger partial charge is 0.347 e. The Balaban J connectivity index is 1.64. The number of nitrogens with one attached hydrogen (secondary N) is 2. The molecule has 1 aromatic carbocycles. The zero-order chi connectivity index (χ0) is 18.3. The van der Waals surface area contributed by atoms with Gasteiger partial charge in [0.15, 0.2) is 0 Å². The van der Waals surface area contributed by atoms with E-state index >= 15 is 0 Å². The first kappa shape index (κ1) is 16.8. The van der Waals surface area contributed by atoms with Crippen LogP contribution in [0.15, 0.2) is 42.7 Å². The van der Waals surface area contributed by atoms with Crippen molar-refractivity contribution < 1.29 is 0 Å². The summed E-state index contributed by atoms with van der Waals surface area (Å²) in [4.78, 5) is 9.22. The summed E-state index contributed by atoms with van der Waals surface area (Å²) in [6, 6.07) is 10.8. The lowest BCUT2D eigenvalue weighted by atomic mass is 9.86. The molecule has 0 saturated carbocycles. The molecule has 0 fully saturated rings. The molecule has 0 aliphatic heterocycles. The van der Waals surface area contributed by atoms with Gasteiger partial charge in [-0.05, 0) is 34.9 Å². The molecule has 0 bridgehead atoms. The molecule has 2 N–H and O–H groups in total. The lowest BCUT2D eigenvalue weighted by Crippen LogP contribution is -2.15. The van der Waals surface area contributed by atoms with E-state index in [-0.39, 0.29) is 11.5 Å². The fourth-order valence-electron chi connectivity index (χ4n) is 3.95. The van der Waals surface area contributed by atoms with Crippen molar-refractivity contribution in [3.63, 3.8) is 0 Å². The molecule has 4 rings (SSSR count). The quantitative estimate of drug-likeness (QED) is 0.710. The summed E-state index contributed by atoms with van der Waals surface area (Å²) >= 11 is 0. The summed E-state index contributed by atoms with van der Waals surface area (Å²) in [7, 11) is 0. The van der Waals surface area contributed by atoms with Crippen molar-refractivity contribution >= 4 is 5.95 Å². The standard InChI is InChI=1S/C21H25N5/c1-13(2)19-15(12-23-26-19)17-9-10-22-20(24-17)25-18-11-21(3,4)16-8-6-5-7-14(16)18/h5-10,12-13,18H,11H2,1-4H3,(H,23,26)(H,22,24,25). The van der Waals surface area contributed by atoms with Crippen LogP contribution in [-0.2, 0) is 5.41 Å². The van der Waals surface area contributed by atoms with E-state index in [2.05, 4.69) is 72.5 Å². The highest BCUT2D eigenvalue weighted by atomic mass is 15.1. The second kappa shape index (κ2) is 6.24. The lowest BCUT2D eigenvalue weighted by molar-refractivity contribution is 0.492. The summed E-state index contributed by atoms with van der Waals surface area (Å²) in [5.74, 6) is 1.03. The third-order valence-corrected chi connectivity index (χ3v) is 5.26. The molecule has 1 aliphatic rings. The highest BCUT2D eigenvalue weighted by Gasteiger charge is 2.36. The summed E-state index contributed by atoms with van der Waals surface area (Å²) in [6.45, 7) is 8.89. The maximum atomic E-state index is 4.76. The molecule has 0 radical (unpaired) electrons. The fraction of sp³-hybridized carbons (Fsp3) is 0.381. The predicted octanol–water partition coefficient (Wildman–Crippen LogP) is 4.82. The molecule has 2 heterocycles. The minimum atomic E-state index is 0.154. The Bertz CT molecular complexity index is 925. The smallest absolute Gasteiger partial charge is 0.223 e. The van der Waals surface area contributed by atoms with Crippen molar-refractivity contribution in [2.45, 2.75) is 51.5 Å². The Morgan fingerprint density at radius 3 is 2.81 bits per heavy atom. The molecule has 1 atom stereocenters. The van der Waals surface area contributed by atoms with Crippen LogP contribution in [0.1, 0.15) is 62.9 Å². The van der Waals surface area contributed by atoms with Gasteiger partial charge in [0.2, 0.25) is 5.95 Å². The number of anilines is 1. The molecule has 0 amide bonds. The first-order valence-corrected chi connectivity index (χ1v) is 9.18. The van der Waals surface area contributed by atoms with Gasteiger partial charge < -0.3 is 5.32 Å². The number of hydrogen-bond donors (Lipinski definition) is 2. The molecular formula is C21H25N5. The van der Waals surface area contributed by atoms with Crippen molar-refractivity contribution in [1.29, 1.82) is 0 Å². The van der Waals surface area contributed by atoms with Crippen molar-refractivity contribution in [3.8, 4) is 11.3 Å². The SMILES string of the molecule is CC(C)c1[nH]ncc1-c1ccnc(NC2CC(C)(C)c3ccccc32)n1. The minimum Gasteiger partial charge on any atom is -0.347 e. The van der Waals surface area contributed by atoms with Gasteiger partial charge in [-0.3, -0.25) is 5.10 Å². The highest BCUT2D eigenvalue weighted by Crippen LogP contribution is 2.45. The van der Waals surface area contributed by atoms with E-state index in [0.29, 0.717) is 11.9 Å². The molecule has 0 spiro atoms. The van der Waals surface area contributed by atoms with E-state index < -0.39 is 0 Å². The van der Waals surface area contributed by atoms with Crippen molar-refractivity contribution in [3.05, 3.63) is 59.5 Å². The fourth-order valence-corrected chi connectivity index (χ4v) is 3.95. The molecular weight excluding hydrogens is 322 g/mol. The highest BCUT2D eigenvalue weighted by molar-refractivity contribution is 5.62. The number of hydrogen-bond acceptors (Lipinski definition) is 4. The number of benzene rings is 1. The average Bonchev–Trinajstić information content (AvgIpc) is 3.19. The predicted molar refractivity (Wildman–Crippen MR) is 104 cm³/mol. The van der Waals surface area contributed by atoms with Crippen LogP contribution in [0.25, 0.3) is 11.3 Å². The number of aromatic amines is 1. The van der Waals surface area contributed by atoms with Crippen molar-refractivity contribution in [2.24, 2.45) is 0 Å². The first-order chi connectivity index (χ1) is 12.5. The number of aromatic nitrogens is 4. The van der Waals surface area contributed by atoms with Gasteiger partial charge >= 0.3 is 0 Å². The van der Waals surface area contributed by atoms with Gasteiger partial charge in [-0.2, -0.15) is 5.10 Å². The molecule has 134 valence electrons. The van der Waals surface area contributed by atoms with Gasteiger partial charge in [0, 0.05) is 17.5 Å². The van der Waals surface area contributed by atoms with Crippen molar-refractivity contribution in [2.75, 3.05) is 5.32 Å². The normalized spacial score (nSPS) is 18.1. The van der Waals surface area contributed by atoms with Crippen LogP contribution in [0, 0.1) is 0 Å². The summed E-state index contributed by atoms with van der Waals surface area (Å²) < 4.78 is 0. The second-order valence-electron chi connectivity index (χ2n) is 7.99. The number of H-pyrrole nitrogens is 1. The van der Waals surface area contributed by atoms with E-state index in [1.54, 1.807) is 0 Å². The molecule has 1 aliphatic carbocycles. The second-order valence-corrected chi connectivity index (χ2v) is 7.99. The Hall–Kier alpha value is -2.69. The van der Waals surface area contributed by atoms with E-state index in [0.717, 1.165) is 23.4 Å². The van der Waals surface area contributed by atoms with E-state index in [1.807, 2.05) is 18.5 Å². The van der Waals surface area contributed by atoms with Crippen LogP contribution in [0.4, 0.5) is 5.95 Å². The van der Waals surface area contributed by atoms with Crippen LogP contribution >= 0.6 is 0 Å². The van der Waals surface area contributed by atoms with E-state index in [1.165, 1.54) is 11.1 Å². The third kappa shape index (κ3) is 2.87. The van der Waals surface area contributed by atoms with E-state index in [4.69, 9.17) is 4.98 Å². The van der Waals surface area contributed by atoms with Gasteiger partial charge in [-0.25, -0.2) is 9.97 Å². The van der Waals surface area contributed by atoms with Gasteiger partial charge in [-0.15, -0.1) is 0 Å². The van der Waals surface area contributed by atoms with Crippen LogP contribution in [0.2, 0.25) is 0 Å². The molecule has 2 aromatic heterocycles. The minimum absolute atomic E-state index is 0.154. The molecule has 0 saturated heterocycles. The monoisotopic (exact) mass is 347 g/mol. The van der Waals surface area contributed by atoms with Crippen LogP contribution in [-0.4, -0.2) is 20.2 Å². The molecule has 26 heavy (non-hydrogen) atoms.